The molecule has 0 amide bonds. The predicted octanol–water partition coefficient (Wildman–Crippen LogP) is 7.41. The van der Waals surface area contributed by atoms with Gasteiger partial charge in [0.15, 0.2) is 11.6 Å². The zero-order chi connectivity index (χ0) is 30.8. The van der Waals surface area contributed by atoms with E-state index >= 15 is 0 Å². The number of hydrogen-bond acceptors (Lipinski definition) is 6. The number of ether oxygens (including phenoxy) is 2. The average molecular weight is 576 g/mol. The Morgan fingerprint density at radius 1 is 0.581 bits per heavy atom. The lowest BCUT2D eigenvalue weighted by atomic mass is 9.95. The lowest BCUT2D eigenvalue weighted by Crippen LogP contribution is -2.16. The highest BCUT2D eigenvalue weighted by atomic mass is 16.5. The maximum absolute atomic E-state index is 13.7. The van der Waals surface area contributed by atoms with Crippen LogP contribution in [-0.4, -0.2) is 40.3 Å². The molecule has 0 fully saturated rings. The van der Waals surface area contributed by atoms with E-state index < -0.39 is 11.9 Å². The average Bonchev–Trinajstić information content (AvgIpc) is 3.31. The van der Waals surface area contributed by atoms with Gasteiger partial charge in [0.25, 0.3) is 0 Å². The van der Waals surface area contributed by atoms with Crippen LogP contribution in [0.3, 0.4) is 0 Å². The molecular formula is C36H33NO6. The van der Waals surface area contributed by atoms with E-state index in [-0.39, 0.29) is 46.0 Å². The third-order valence-corrected chi connectivity index (χ3v) is 7.17. The number of aryl methyl sites for hydroxylation is 1. The van der Waals surface area contributed by atoms with E-state index in [0.717, 1.165) is 21.8 Å². The monoisotopic (exact) mass is 575 g/mol. The van der Waals surface area contributed by atoms with Gasteiger partial charge in [0, 0.05) is 50.6 Å². The number of carbonyl (C=O) groups excluding carboxylic acids is 4. The summed E-state index contributed by atoms with van der Waals surface area (Å²) in [5.41, 5.74) is 3.57. The second-order valence-electron chi connectivity index (χ2n) is 10.9. The molecule has 0 N–H and O–H groups in total. The van der Waals surface area contributed by atoms with Crippen LogP contribution >= 0.6 is 0 Å². The second kappa shape index (κ2) is 12.1. The molecule has 7 nitrogen and oxygen atoms in total. The molecule has 4 aromatic carbocycles. The van der Waals surface area contributed by atoms with Gasteiger partial charge in [-0.25, -0.2) is 9.59 Å². The van der Waals surface area contributed by atoms with Gasteiger partial charge in [-0.2, -0.15) is 0 Å². The topological polar surface area (TPSA) is 91.7 Å². The molecule has 218 valence electrons. The highest BCUT2D eigenvalue weighted by Crippen LogP contribution is 2.32. The molecule has 5 aromatic rings. The number of hydrogen-bond donors (Lipinski definition) is 0. The van der Waals surface area contributed by atoms with Gasteiger partial charge in [0.2, 0.25) is 0 Å². The molecule has 7 heteroatoms. The van der Waals surface area contributed by atoms with E-state index in [9.17, 15) is 19.2 Å². The number of carbonyl (C=O) groups is 4. The van der Waals surface area contributed by atoms with Crippen LogP contribution in [0.15, 0.2) is 84.9 Å². The zero-order valence-corrected chi connectivity index (χ0v) is 24.8. The highest BCUT2D eigenvalue weighted by molar-refractivity contribution is 6.20. The molecule has 0 radical (unpaired) electrons. The summed E-state index contributed by atoms with van der Waals surface area (Å²) in [5, 5.41) is 1.60. The van der Waals surface area contributed by atoms with Crippen LogP contribution in [-0.2, 0) is 16.0 Å². The number of rotatable bonds is 9. The van der Waals surface area contributed by atoms with Crippen LogP contribution in [0, 0.1) is 0 Å². The van der Waals surface area contributed by atoms with Gasteiger partial charge in [-0.1, -0.05) is 36.4 Å². The number of esters is 2. The number of benzene rings is 4. The lowest BCUT2D eigenvalue weighted by Gasteiger charge is -2.11. The van der Waals surface area contributed by atoms with E-state index in [0.29, 0.717) is 17.7 Å². The van der Waals surface area contributed by atoms with Crippen LogP contribution in [0.5, 0.6) is 0 Å². The summed E-state index contributed by atoms with van der Waals surface area (Å²) in [5.74, 6) is -1.72. The summed E-state index contributed by atoms with van der Waals surface area (Å²) in [6, 6.07) is 24.1. The Labute approximate surface area is 250 Å². The molecular weight excluding hydrogens is 542 g/mol. The van der Waals surface area contributed by atoms with E-state index in [1.165, 1.54) is 0 Å². The van der Waals surface area contributed by atoms with Crippen molar-refractivity contribution in [2.75, 3.05) is 0 Å². The molecule has 0 atom stereocenters. The van der Waals surface area contributed by atoms with Gasteiger partial charge in [-0.15, -0.1) is 0 Å². The molecule has 0 bridgehead atoms. The number of nitrogens with zero attached hydrogens (tertiary/aromatic N) is 1. The summed E-state index contributed by atoms with van der Waals surface area (Å²) < 4.78 is 12.9. The maximum atomic E-state index is 13.7. The van der Waals surface area contributed by atoms with Gasteiger partial charge in [-0.05, 0) is 83.1 Å². The van der Waals surface area contributed by atoms with E-state index in [4.69, 9.17) is 9.47 Å². The minimum Gasteiger partial charge on any atom is -0.459 e. The Kier molecular flexibility index (Phi) is 8.26. The number of ketones is 2. The van der Waals surface area contributed by atoms with Crippen molar-refractivity contribution in [3.8, 4) is 0 Å². The third-order valence-electron chi connectivity index (χ3n) is 7.17. The minimum absolute atomic E-state index is 0.208. The van der Waals surface area contributed by atoms with Crippen molar-refractivity contribution in [3.63, 3.8) is 0 Å². The van der Waals surface area contributed by atoms with E-state index in [1.807, 2.05) is 19.1 Å². The van der Waals surface area contributed by atoms with Crippen molar-refractivity contribution in [1.29, 1.82) is 0 Å². The molecule has 1 aromatic heterocycles. The molecule has 0 unspecified atom stereocenters. The molecule has 0 aliphatic rings. The van der Waals surface area contributed by atoms with Crippen LogP contribution in [0.4, 0.5) is 0 Å². The van der Waals surface area contributed by atoms with Gasteiger partial charge < -0.3 is 14.0 Å². The second-order valence-corrected chi connectivity index (χ2v) is 10.9. The zero-order valence-electron chi connectivity index (χ0n) is 24.8. The molecule has 0 aliphatic carbocycles. The largest absolute Gasteiger partial charge is 0.459 e. The molecule has 43 heavy (non-hydrogen) atoms. The lowest BCUT2D eigenvalue weighted by molar-refractivity contribution is 0.0365. The maximum Gasteiger partial charge on any atom is 0.339 e. The Morgan fingerprint density at radius 3 is 1.30 bits per heavy atom. The molecule has 5 rings (SSSR count). The third kappa shape index (κ3) is 5.71. The highest BCUT2D eigenvalue weighted by Gasteiger charge is 2.23. The van der Waals surface area contributed by atoms with Crippen LogP contribution in [0.2, 0.25) is 0 Å². The van der Waals surface area contributed by atoms with Crippen molar-refractivity contribution in [2.24, 2.45) is 0 Å². The summed E-state index contributed by atoms with van der Waals surface area (Å²) in [6.07, 6.45) is -0.645. The van der Waals surface area contributed by atoms with Gasteiger partial charge >= 0.3 is 11.9 Å². The summed E-state index contributed by atoms with van der Waals surface area (Å²) >= 11 is 0. The summed E-state index contributed by atoms with van der Waals surface area (Å²) in [7, 11) is 0. The van der Waals surface area contributed by atoms with Crippen molar-refractivity contribution in [2.45, 2.75) is 53.4 Å². The Morgan fingerprint density at radius 2 is 0.953 bits per heavy atom. The quantitative estimate of drug-likeness (QED) is 0.134. The minimum atomic E-state index is -0.552. The Hall–Kier alpha value is -5.04. The SMILES string of the molecule is CCn1c2ccc(C(=O)c3ccccc3C(=O)OC(C)C)cc2c2cc(C(=O)c3ccccc3C(=O)OC(C)C)ccc21. The molecule has 0 saturated heterocycles. The Bertz CT molecular complexity index is 1760. The van der Waals surface area contributed by atoms with Crippen LogP contribution in [0.1, 0.15) is 87.2 Å². The van der Waals surface area contributed by atoms with E-state index in [2.05, 4.69) is 4.57 Å². The smallest absolute Gasteiger partial charge is 0.339 e. The van der Waals surface area contributed by atoms with Gasteiger partial charge in [0.1, 0.15) is 0 Å². The van der Waals surface area contributed by atoms with Crippen molar-refractivity contribution < 1.29 is 28.7 Å². The van der Waals surface area contributed by atoms with Crippen LogP contribution < -0.4 is 0 Å². The van der Waals surface area contributed by atoms with Gasteiger partial charge in [-0.3, -0.25) is 9.59 Å². The normalized spacial score (nSPS) is 11.3. The molecule has 1 heterocycles. The summed E-state index contributed by atoms with van der Waals surface area (Å²) in [4.78, 5) is 53.0. The van der Waals surface area contributed by atoms with Gasteiger partial charge in [0.05, 0.1) is 23.3 Å². The molecule has 0 aliphatic heterocycles. The van der Waals surface area contributed by atoms with Crippen molar-refractivity contribution >= 4 is 45.3 Å². The number of fused-ring (bicyclic) bond motifs is 3. The molecule has 0 saturated carbocycles. The van der Waals surface area contributed by atoms with E-state index in [1.54, 1.807) is 100 Å². The first-order valence-corrected chi connectivity index (χ1v) is 14.4. The fourth-order valence-electron chi connectivity index (χ4n) is 5.31. The predicted molar refractivity (Wildman–Crippen MR) is 166 cm³/mol. The van der Waals surface area contributed by atoms with Crippen molar-refractivity contribution in [3.05, 3.63) is 118 Å². The first kappa shape index (κ1) is 29.5. The van der Waals surface area contributed by atoms with Crippen molar-refractivity contribution in [1.82, 2.24) is 4.57 Å². The number of aromatic nitrogens is 1. The fourth-order valence-corrected chi connectivity index (χ4v) is 5.31. The first-order valence-electron chi connectivity index (χ1n) is 14.4. The standard InChI is InChI=1S/C36H33NO6/c1-6-37-31-17-15-23(33(38)25-11-7-9-13-27(25)35(40)42-21(2)3)19-29(31)30-20-24(16-18-32(30)37)34(39)26-12-8-10-14-28(26)36(41)43-22(4)5/h7-22H,6H2,1-5H3. The fraction of sp³-hybridized carbons (Fsp3) is 0.222. The summed E-state index contributed by atoms with van der Waals surface area (Å²) in [6.45, 7) is 9.74. The van der Waals surface area contributed by atoms with Crippen LogP contribution in [0.25, 0.3) is 21.8 Å². The Balaban J connectivity index is 1.60. The molecule has 0 spiro atoms. The first-order chi connectivity index (χ1) is 20.6.